The molecule has 2 aliphatic heterocycles. The van der Waals surface area contributed by atoms with E-state index in [-0.39, 0.29) is 11.4 Å². The summed E-state index contributed by atoms with van der Waals surface area (Å²) in [4.78, 5) is 20.0. The number of phenols is 1. The zero-order valence-electron chi connectivity index (χ0n) is 16.7. The smallest absolute Gasteiger partial charge is 0.253 e. The first-order valence-electron chi connectivity index (χ1n) is 10.0. The maximum Gasteiger partial charge on any atom is 0.253 e. The van der Waals surface area contributed by atoms with Crippen LogP contribution in [0.25, 0.3) is 0 Å². The quantitative estimate of drug-likeness (QED) is 0.891. The van der Waals surface area contributed by atoms with Crippen LogP contribution in [0, 0.1) is 0 Å². The number of benzene rings is 2. The van der Waals surface area contributed by atoms with E-state index < -0.39 is 0 Å². The molecule has 2 fully saturated rings. The minimum atomic E-state index is -0.0473. The van der Waals surface area contributed by atoms with Crippen molar-refractivity contribution in [1.29, 1.82) is 0 Å². The van der Waals surface area contributed by atoms with Crippen molar-refractivity contribution in [1.82, 2.24) is 14.7 Å². The number of hydrogen-bond acceptors (Lipinski definition) is 4. The average Bonchev–Trinajstić information content (AvgIpc) is 2.69. The minimum absolute atomic E-state index is 0.0473. The van der Waals surface area contributed by atoms with Crippen LogP contribution in [0.15, 0.2) is 54.6 Å². The normalized spacial score (nSPS) is 22.6. The van der Waals surface area contributed by atoms with Crippen molar-refractivity contribution >= 4 is 5.91 Å². The molecule has 4 rings (SSSR count). The van der Waals surface area contributed by atoms with Crippen LogP contribution < -0.4 is 0 Å². The van der Waals surface area contributed by atoms with Gasteiger partial charge in [-0.2, -0.15) is 0 Å². The van der Waals surface area contributed by atoms with E-state index in [0.29, 0.717) is 11.8 Å². The molecule has 1 atom stereocenters. The Bertz CT molecular complexity index is 837. The summed E-state index contributed by atoms with van der Waals surface area (Å²) in [6.07, 6.45) is 0. The lowest BCUT2D eigenvalue weighted by atomic mass is 9.92. The second kappa shape index (κ2) is 7.57. The van der Waals surface area contributed by atoms with E-state index in [2.05, 4.69) is 23.6 Å². The number of fused-ring (bicyclic) bond motifs is 1. The van der Waals surface area contributed by atoms with Gasteiger partial charge in [0, 0.05) is 62.0 Å². The lowest BCUT2D eigenvalue weighted by Gasteiger charge is -2.55. The highest BCUT2D eigenvalue weighted by Gasteiger charge is 2.43. The summed E-state index contributed by atoms with van der Waals surface area (Å²) >= 11 is 0. The van der Waals surface area contributed by atoms with Gasteiger partial charge in [0.2, 0.25) is 0 Å². The van der Waals surface area contributed by atoms with E-state index in [1.54, 1.807) is 6.07 Å². The van der Waals surface area contributed by atoms with Crippen LogP contribution in [0.2, 0.25) is 0 Å². The molecule has 0 spiro atoms. The summed E-state index contributed by atoms with van der Waals surface area (Å²) in [5.41, 5.74) is 1.67. The van der Waals surface area contributed by atoms with Crippen molar-refractivity contribution in [2.75, 3.05) is 32.7 Å². The monoisotopic (exact) mass is 379 g/mol. The van der Waals surface area contributed by atoms with Gasteiger partial charge < -0.3 is 10.0 Å². The summed E-state index contributed by atoms with van der Waals surface area (Å²) in [5, 5.41) is 10.1. The average molecular weight is 380 g/mol. The van der Waals surface area contributed by atoms with E-state index in [4.69, 9.17) is 0 Å². The Morgan fingerprint density at radius 1 is 1.04 bits per heavy atom. The van der Waals surface area contributed by atoms with Crippen LogP contribution in [0.5, 0.6) is 5.75 Å². The van der Waals surface area contributed by atoms with Gasteiger partial charge in [-0.15, -0.1) is 0 Å². The maximum atomic E-state index is 13.0. The predicted octanol–water partition coefficient (Wildman–Crippen LogP) is 2.81. The van der Waals surface area contributed by atoms with Crippen LogP contribution in [0.3, 0.4) is 0 Å². The van der Waals surface area contributed by atoms with E-state index in [1.165, 1.54) is 0 Å². The molecule has 0 aliphatic carbocycles. The molecule has 2 heterocycles. The Hall–Kier alpha value is -2.37. The Kier molecular flexibility index (Phi) is 5.13. The molecule has 148 valence electrons. The molecule has 2 aliphatic rings. The summed E-state index contributed by atoms with van der Waals surface area (Å²) in [6.45, 7) is 9.57. The van der Waals surface area contributed by atoms with Gasteiger partial charge >= 0.3 is 0 Å². The van der Waals surface area contributed by atoms with Gasteiger partial charge in [0.15, 0.2) is 0 Å². The first kappa shape index (κ1) is 19.0. The zero-order valence-corrected chi connectivity index (χ0v) is 16.7. The number of carbonyl (C=O) groups excluding carboxylic acids is 1. The number of aromatic hydroxyl groups is 1. The first-order chi connectivity index (χ1) is 13.4. The van der Waals surface area contributed by atoms with Crippen molar-refractivity contribution in [3.05, 3.63) is 65.7 Å². The van der Waals surface area contributed by atoms with E-state index in [9.17, 15) is 9.90 Å². The number of amides is 1. The topological polar surface area (TPSA) is 47.0 Å². The van der Waals surface area contributed by atoms with Crippen molar-refractivity contribution in [2.45, 2.75) is 32.0 Å². The third-order valence-corrected chi connectivity index (χ3v) is 6.05. The van der Waals surface area contributed by atoms with Gasteiger partial charge in [0.05, 0.1) is 0 Å². The molecule has 5 heteroatoms. The van der Waals surface area contributed by atoms with Gasteiger partial charge in [-0.1, -0.05) is 36.4 Å². The fourth-order valence-electron chi connectivity index (χ4n) is 4.70. The summed E-state index contributed by atoms with van der Waals surface area (Å²) < 4.78 is 0. The summed E-state index contributed by atoms with van der Waals surface area (Å²) in [7, 11) is 0. The number of piperazine rings is 2. The summed E-state index contributed by atoms with van der Waals surface area (Å²) in [6, 6.07) is 17.4. The van der Waals surface area contributed by atoms with E-state index >= 15 is 0 Å². The molecule has 5 nitrogen and oxygen atoms in total. The second-order valence-corrected chi connectivity index (χ2v) is 8.58. The lowest BCUT2D eigenvalue weighted by Crippen LogP contribution is -2.70. The molecule has 28 heavy (non-hydrogen) atoms. The van der Waals surface area contributed by atoms with Gasteiger partial charge in [-0.05, 0) is 32.0 Å². The van der Waals surface area contributed by atoms with Gasteiger partial charge in [0.1, 0.15) is 5.75 Å². The predicted molar refractivity (Wildman–Crippen MR) is 110 cm³/mol. The number of hydrogen-bond donors (Lipinski definition) is 1. The van der Waals surface area contributed by atoms with Gasteiger partial charge in [-0.3, -0.25) is 14.6 Å². The van der Waals surface area contributed by atoms with Crippen LogP contribution >= 0.6 is 0 Å². The highest BCUT2D eigenvalue weighted by atomic mass is 16.3. The Balaban J connectivity index is 1.49. The highest BCUT2D eigenvalue weighted by molar-refractivity contribution is 5.94. The molecule has 1 N–H and O–H groups in total. The molecule has 0 aromatic heterocycles. The second-order valence-electron chi connectivity index (χ2n) is 8.58. The van der Waals surface area contributed by atoms with Crippen LogP contribution in [0.4, 0.5) is 0 Å². The Morgan fingerprint density at radius 3 is 2.50 bits per heavy atom. The Morgan fingerprint density at radius 2 is 1.75 bits per heavy atom. The number of rotatable bonds is 3. The lowest BCUT2D eigenvalue weighted by molar-refractivity contribution is -0.0578. The SMILES string of the molecule is CC1(C)CN(C(=O)c2ccccc2)C[C@@H]2CN(Cc3ccccc3O)CCN21. The molecular formula is C23H29N3O2. The van der Waals surface area contributed by atoms with Crippen molar-refractivity contribution in [3.8, 4) is 5.75 Å². The standard InChI is InChI=1S/C23H29N3O2/c1-23(2)17-25(22(28)18-8-4-3-5-9-18)16-20-15-24(12-13-26(20)23)14-19-10-6-7-11-21(19)27/h3-11,20,27H,12-17H2,1-2H3/t20-/m0/s1. The third-order valence-electron chi connectivity index (χ3n) is 6.05. The maximum absolute atomic E-state index is 13.0. The largest absolute Gasteiger partial charge is 0.508 e. The number of nitrogens with zero attached hydrogens (tertiary/aromatic N) is 3. The molecule has 2 aromatic carbocycles. The van der Waals surface area contributed by atoms with Crippen molar-refractivity contribution in [2.24, 2.45) is 0 Å². The fraction of sp³-hybridized carbons (Fsp3) is 0.435. The van der Waals surface area contributed by atoms with Gasteiger partial charge in [0.25, 0.3) is 5.91 Å². The summed E-state index contributed by atoms with van der Waals surface area (Å²) in [5.74, 6) is 0.473. The molecule has 0 unspecified atom stereocenters. The molecule has 0 radical (unpaired) electrons. The third kappa shape index (κ3) is 3.77. The highest BCUT2D eigenvalue weighted by Crippen LogP contribution is 2.30. The fourth-order valence-corrected chi connectivity index (χ4v) is 4.70. The minimum Gasteiger partial charge on any atom is -0.508 e. The molecular weight excluding hydrogens is 350 g/mol. The van der Waals surface area contributed by atoms with Crippen molar-refractivity contribution < 1.29 is 9.90 Å². The Labute approximate surface area is 167 Å². The van der Waals surface area contributed by atoms with Crippen LogP contribution in [-0.4, -0.2) is 70.0 Å². The number of phenolic OH excluding ortho intramolecular Hbond substituents is 1. The van der Waals surface area contributed by atoms with Gasteiger partial charge in [-0.25, -0.2) is 0 Å². The number of para-hydroxylation sites is 1. The van der Waals surface area contributed by atoms with Crippen LogP contribution in [0.1, 0.15) is 29.8 Å². The van der Waals surface area contributed by atoms with Crippen molar-refractivity contribution in [3.63, 3.8) is 0 Å². The zero-order chi connectivity index (χ0) is 19.7. The molecule has 0 saturated carbocycles. The molecule has 2 aromatic rings. The van der Waals surface area contributed by atoms with E-state index in [0.717, 1.165) is 50.4 Å². The molecule has 0 bridgehead atoms. The molecule has 2 saturated heterocycles. The van der Waals surface area contributed by atoms with Crippen LogP contribution in [-0.2, 0) is 6.54 Å². The number of carbonyl (C=O) groups is 1. The first-order valence-corrected chi connectivity index (χ1v) is 10.0. The van der Waals surface area contributed by atoms with E-state index in [1.807, 2.05) is 53.4 Å². The molecule has 1 amide bonds.